The molecule has 0 bridgehead atoms. The molecule has 14 aromatic rings. The summed E-state index contributed by atoms with van der Waals surface area (Å²) in [4.78, 5) is 30.0. The van der Waals surface area contributed by atoms with Gasteiger partial charge in [-0.2, -0.15) is 0 Å². The first-order valence-corrected chi connectivity index (χ1v) is 43.2. The number of pyridine rings is 2. The van der Waals surface area contributed by atoms with Gasteiger partial charge in [0.2, 0.25) is 0 Å². The normalized spacial score (nSPS) is 10.5. The quantitative estimate of drug-likeness (QED) is 0.154. The van der Waals surface area contributed by atoms with E-state index in [0.717, 1.165) is 99.8 Å². The Bertz CT molecular complexity index is 3690. The minimum atomic E-state index is 0.734. The smallest absolute Gasteiger partial charge is 0.187 e. The van der Waals surface area contributed by atoms with E-state index >= 15 is 0 Å². The molecule has 0 amide bonds. The van der Waals surface area contributed by atoms with Gasteiger partial charge < -0.3 is 19.1 Å². The van der Waals surface area contributed by atoms with Crippen molar-refractivity contribution in [3.05, 3.63) is 273 Å². The lowest BCUT2D eigenvalue weighted by Crippen LogP contribution is -2.28. The van der Waals surface area contributed by atoms with Gasteiger partial charge in [-0.1, -0.05) is 302 Å². The Morgan fingerprint density at radius 2 is 0.860 bits per heavy atom. The maximum atomic E-state index is 5.45. The number of thioether (sulfide) groups is 1. The van der Waals surface area contributed by atoms with Crippen LogP contribution in [0.15, 0.2) is 276 Å². The number of para-hydroxylation sites is 6. The highest BCUT2D eigenvalue weighted by Gasteiger charge is 2.12. The lowest BCUT2D eigenvalue weighted by Gasteiger charge is -2.27. The molecule has 15 heteroatoms. The maximum Gasteiger partial charge on any atom is 0.187 e. The number of hydrogen-bond donors (Lipinski definition) is 1. The van der Waals surface area contributed by atoms with Crippen molar-refractivity contribution < 1.29 is 9.26 Å². The molecule has 0 fully saturated rings. The van der Waals surface area contributed by atoms with Gasteiger partial charge in [0.25, 0.3) is 0 Å². The lowest BCUT2D eigenvalue weighted by atomic mass is 10.2. The zero-order chi connectivity index (χ0) is 85.7. The van der Waals surface area contributed by atoms with Gasteiger partial charge in [-0.15, -0.1) is 39.5 Å². The van der Waals surface area contributed by atoms with E-state index in [4.69, 9.17) is 9.26 Å². The number of ether oxygens (including phenoxy) is 1. The van der Waals surface area contributed by atoms with Crippen LogP contribution in [0.3, 0.4) is 0 Å². The summed E-state index contributed by atoms with van der Waals surface area (Å²) in [6.45, 7) is 60.3. The molecule has 12 nitrogen and oxygen atoms in total. The molecule has 1 N–H and O–H groups in total. The van der Waals surface area contributed by atoms with E-state index < -0.39 is 0 Å². The third-order valence-electron chi connectivity index (χ3n) is 11.2. The van der Waals surface area contributed by atoms with Crippen molar-refractivity contribution in [3.63, 3.8) is 0 Å². The van der Waals surface area contributed by atoms with Crippen molar-refractivity contribution >= 4 is 93.3 Å². The number of benzene rings is 7. The topological polar surface area (TPSA) is 145 Å². The summed E-state index contributed by atoms with van der Waals surface area (Å²) in [5.74, 6) is 9.78. The number of aryl methyl sites for hydroxylation is 1. The summed E-state index contributed by atoms with van der Waals surface area (Å²) in [7, 11) is 2.08. The van der Waals surface area contributed by atoms with Crippen molar-refractivity contribution in [2.24, 2.45) is 53.3 Å². The van der Waals surface area contributed by atoms with Crippen LogP contribution < -0.4 is 9.64 Å². The summed E-state index contributed by atoms with van der Waals surface area (Å²) < 4.78 is 12.8. The van der Waals surface area contributed by atoms with Crippen molar-refractivity contribution in [1.82, 2.24) is 45.3 Å². The van der Waals surface area contributed by atoms with E-state index in [2.05, 4.69) is 328 Å². The molecule has 9 heterocycles. The number of imidazole rings is 1. The molecule has 0 spiro atoms. The second-order valence-corrected chi connectivity index (χ2v) is 35.1. The van der Waals surface area contributed by atoms with Crippen LogP contribution in [0.25, 0.3) is 53.2 Å². The molecule has 2 aliphatic rings. The molecule has 0 atom stereocenters. The summed E-state index contributed by atoms with van der Waals surface area (Å²) in [6, 6.07) is 68.5. The van der Waals surface area contributed by atoms with Gasteiger partial charge in [-0.25, -0.2) is 19.9 Å². The average Bonchev–Trinajstić information content (AvgIpc) is 1.60. The summed E-state index contributed by atoms with van der Waals surface area (Å²) in [5, 5.41) is 13.0. The number of thiophene rings is 1. The molecule has 0 aliphatic carbocycles. The third kappa shape index (κ3) is 66.3. The molecular formula is C99H146N10O2S3. The van der Waals surface area contributed by atoms with Crippen LogP contribution in [0.2, 0.25) is 0 Å². The molecule has 16 rings (SSSR count). The Labute approximate surface area is 703 Å². The zero-order valence-electron chi connectivity index (χ0n) is 75.0. The Balaban J connectivity index is 0. The number of aromatic amines is 1. The highest BCUT2D eigenvalue weighted by Crippen LogP contribution is 2.31. The lowest BCUT2D eigenvalue weighted by molar-refractivity contribution is 0.311. The number of thiazole rings is 1. The fraction of sp³-hybridized carbons (Fsp3) is 0.414. The molecule has 114 heavy (non-hydrogen) atoms. The predicted molar refractivity (Wildman–Crippen MR) is 508 cm³/mol. The monoisotopic (exact) mass is 1600 g/mol. The molecule has 0 radical (unpaired) electrons. The fourth-order valence-electron chi connectivity index (χ4n) is 7.34. The third-order valence-corrected chi connectivity index (χ3v) is 14.1. The largest absolute Gasteiger partial charge is 0.490 e. The minimum absolute atomic E-state index is 0.734. The van der Waals surface area contributed by atoms with Gasteiger partial charge in [0, 0.05) is 64.8 Å². The van der Waals surface area contributed by atoms with Crippen LogP contribution in [0.1, 0.15) is 193 Å². The Kier molecular flexibility index (Phi) is 66.1. The molecule has 7 aromatic carbocycles. The highest BCUT2D eigenvalue weighted by atomic mass is 32.2. The summed E-state index contributed by atoms with van der Waals surface area (Å²) >= 11 is 5.43. The number of aromatic nitrogens is 9. The van der Waals surface area contributed by atoms with E-state index in [1.54, 1.807) is 59.9 Å². The molecule has 2 aliphatic heterocycles. The molecular weight excluding hydrogens is 1460 g/mol. The highest BCUT2D eigenvalue weighted by molar-refractivity contribution is 7.99. The molecule has 7 aromatic heterocycles. The Hall–Kier alpha value is -9.15. The zero-order valence-corrected chi connectivity index (χ0v) is 77.4. The van der Waals surface area contributed by atoms with E-state index in [1.807, 2.05) is 151 Å². The SMILES string of the molecule is CC(C)C.CC(C)C.CC(C)C.CC(C)C.CC(C)C.CC(C)C.CC(C)C.CC(C)C.CC(C)C.CN1CCOc2ccccc21.c1ccc2[nH]cnc2c1.c1ccc2c(c1)CCS2.c1ccc2cnccc2c1.c1ccc2onnc2c1.c1ccc2sccc2c1.c1ccc2scnc2c1.c1ccncc1.c1cncnc1. The number of anilines is 1. The van der Waals surface area contributed by atoms with Crippen LogP contribution in [0, 0.1) is 53.3 Å². The molecule has 0 saturated heterocycles. The van der Waals surface area contributed by atoms with E-state index in [0.29, 0.717) is 0 Å². The standard InChI is InChI=1S/C9H11NO.C9H7N.C8H8S.C8H6S.C7H6N2.C7H5NS.C6H4N2O.C5H5N.C4H4N2.9C4H10/c1-10-6-7-11-9-5-3-2-4-8(9)10;1-2-4-9-7-10-6-5-8(9)3-1;2*1-2-4-8-7(3-1)5-6-9-8;2*1-2-4-7-6(3-1)8-5-9-7;1-2-4-6-5(3-1)7-8-9-6;1-2-4-6-5-3-1;1-2-5-4-6-3-1;9*1-4(2)3/h2-5H,6-7H2,1H3;1-7H;1-4H,5-6H2;1-6H;1-5H,(H,8,9);1-5H;1-4H;1-5H;1-4H;9*4H,1-3H3. The fourth-order valence-corrected chi connectivity index (χ4v) is 9.88. The van der Waals surface area contributed by atoms with Gasteiger partial charge in [-0.3, -0.25) is 9.97 Å². The summed E-state index contributed by atoms with van der Waals surface area (Å²) in [5.41, 5.74) is 9.35. The maximum absolute atomic E-state index is 5.45. The van der Waals surface area contributed by atoms with Crippen LogP contribution >= 0.6 is 34.4 Å². The van der Waals surface area contributed by atoms with Crippen molar-refractivity contribution in [2.75, 3.05) is 30.9 Å². The Morgan fingerprint density at radius 1 is 0.386 bits per heavy atom. The van der Waals surface area contributed by atoms with Gasteiger partial charge in [0.15, 0.2) is 5.58 Å². The molecule has 622 valence electrons. The van der Waals surface area contributed by atoms with Crippen LogP contribution in [-0.4, -0.2) is 71.2 Å². The van der Waals surface area contributed by atoms with Gasteiger partial charge in [0.05, 0.1) is 45.3 Å². The second kappa shape index (κ2) is 70.5. The second-order valence-electron chi connectivity index (χ2n) is 32.1. The first-order valence-electron chi connectivity index (χ1n) is 40.5. The number of H-pyrrole nitrogens is 1. The number of nitrogens with zero attached hydrogens (tertiary/aromatic N) is 9. The van der Waals surface area contributed by atoms with E-state index in [9.17, 15) is 0 Å². The number of hydrogen-bond acceptors (Lipinski definition) is 14. The van der Waals surface area contributed by atoms with E-state index in [1.165, 1.54) is 60.2 Å². The number of fused-ring (bicyclic) bond motifs is 7. The van der Waals surface area contributed by atoms with Gasteiger partial charge >= 0.3 is 0 Å². The minimum Gasteiger partial charge on any atom is -0.490 e. The van der Waals surface area contributed by atoms with Crippen molar-refractivity contribution in [1.29, 1.82) is 0 Å². The van der Waals surface area contributed by atoms with Crippen LogP contribution in [0.4, 0.5) is 5.69 Å². The Morgan fingerprint density at radius 3 is 1.34 bits per heavy atom. The first kappa shape index (κ1) is 107. The van der Waals surface area contributed by atoms with Crippen LogP contribution in [0.5, 0.6) is 5.75 Å². The summed E-state index contributed by atoms with van der Waals surface area (Å²) in [6.07, 6.45) is 15.0. The molecule has 0 unspecified atom stereocenters. The van der Waals surface area contributed by atoms with Crippen molar-refractivity contribution in [3.8, 4) is 5.75 Å². The number of rotatable bonds is 0. The average molecular weight is 1600 g/mol. The number of likely N-dealkylation sites (N-methyl/N-ethyl adjacent to an activating group) is 1. The molecule has 0 saturated carbocycles. The van der Waals surface area contributed by atoms with Gasteiger partial charge in [0.1, 0.15) is 24.2 Å². The van der Waals surface area contributed by atoms with Gasteiger partial charge in [-0.05, 0) is 178 Å². The predicted octanol–water partition coefficient (Wildman–Crippen LogP) is 30.6. The van der Waals surface area contributed by atoms with E-state index in [-0.39, 0.29) is 0 Å². The number of nitrogens with one attached hydrogen (secondary N) is 1. The first-order chi connectivity index (χ1) is 54.3. The van der Waals surface area contributed by atoms with Crippen LogP contribution in [-0.2, 0) is 6.42 Å². The van der Waals surface area contributed by atoms with Crippen molar-refractivity contribution in [2.45, 2.75) is 198 Å².